The van der Waals surface area contributed by atoms with Gasteiger partial charge in [0, 0.05) is 18.6 Å². The zero-order valence-corrected chi connectivity index (χ0v) is 9.44. The number of piperidine rings is 1. The van der Waals surface area contributed by atoms with Crippen LogP contribution in [-0.2, 0) is 10.0 Å². The van der Waals surface area contributed by atoms with Gasteiger partial charge in [-0.05, 0) is 32.2 Å². The monoisotopic (exact) mass is 218 g/mol. The van der Waals surface area contributed by atoms with E-state index in [-0.39, 0.29) is 5.54 Å². The normalized spacial score (nSPS) is 35.2. The van der Waals surface area contributed by atoms with Crippen LogP contribution in [0.1, 0.15) is 25.7 Å². The molecule has 2 fully saturated rings. The van der Waals surface area contributed by atoms with E-state index in [4.69, 9.17) is 0 Å². The van der Waals surface area contributed by atoms with Crippen LogP contribution in [0.3, 0.4) is 0 Å². The predicted octanol–water partition coefficient (Wildman–Crippen LogP) is 0.164. The van der Waals surface area contributed by atoms with E-state index < -0.39 is 10.0 Å². The summed E-state index contributed by atoms with van der Waals surface area (Å²) < 4.78 is 24.9. The molecule has 5 heteroatoms. The highest BCUT2D eigenvalue weighted by Gasteiger charge is 2.45. The summed E-state index contributed by atoms with van der Waals surface area (Å²) in [5.41, 5.74) is -0.0914. The molecule has 4 nitrogen and oxygen atoms in total. The second kappa shape index (κ2) is 3.47. The van der Waals surface area contributed by atoms with Crippen LogP contribution in [0.15, 0.2) is 0 Å². The molecule has 1 unspecified atom stereocenters. The van der Waals surface area contributed by atoms with Gasteiger partial charge in [-0.15, -0.1) is 0 Å². The molecule has 2 aliphatic heterocycles. The Balaban J connectivity index is 2.24. The zero-order chi connectivity index (χ0) is 10.2. The highest BCUT2D eigenvalue weighted by Crippen LogP contribution is 2.36. The second-order valence-corrected chi connectivity index (χ2v) is 6.35. The summed E-state index contributed by atoms with van der Waals surface area (Å²) >= 11 is 0. The van der Waals surface area contributed by atoms with Crippen LogP contribution in [0, 0.1) is 0 Å². The van der Waals surface area contributed by atoms with Crippen molar-refractivity contribution in [3.05, 3.63) is 0 Å². The first kappa shape index (κ1) is 10.4. The molecule has 1 spiro atoms. The Kier molecular flexibility index (Phi) is 2.57. The average Bonchev–Trinajstić information content (AvgIpc) is 2.49. The van der Waals surface area contributed by atoms with Crippen LogP contribution >= 0.6 is 0 Å². The molecule has 2 aliphatic rings. The SMILES string of the molecule is CS(=O)(=O)N1CCCC12CCCNC2. The number of nitrogens with one attached hydrogen (secondary N) is 1. The van der Waals surface area contributed by atoms with Gasteiger partial charge in [0.1, 0.15) is 0 Å². The maximum absolute atomic E-state index is 11.6. The summed E-state index contributed by atoms with van der Waals surface area (Å²) in [6.45, 7) is 2.57. The lowest BCUT2D eigenvalue weighted by atomic mass is 9.89. The minimum absolute atomic E-state index is 0.0914. The molecule has 2 heterocycles. The van der Waals surface area contributed by atoms with Gasteiger partial charge in [0.2, 0.25) is 10.0 Å². The molecule has 2 saturated heterocycles. The third-order valence-corrected chi connectivity index (χ3v) is 4.75. The van der Waals surface area contributed by atoms with Crippen molar-refractivity contribution < 1.29 is 8.42 Å². The topological polar surface area (TPSA) is 49.4 Å². The van der Waals surface area contributed by atoms with Gasteiger partial charge in [-0.25, -0.2) is 8.42 Å². The van der Waals surface area contributed by atoms with Gasteiger partial charge in [-0.3, -0.25) is 0 Å². The molecular formula is C9H18N2O2S. The van der Waals surface area contributed by atoms with E-state index >= 15 is 0 Å². The lowest BCUT2D eigenvalue weighted by Gasteiger charge is -2.40. The summed E-state index contributed by atoms with van der Waals surface area (Å²) in [6.07, 6.45) is 5.47. The Morgan fingerprint density at radius 3 is 2.57 bits per heavy atom. The fourth-order valence-electron chi connectivity index (χ4n) is 2.81. The molecule has 82 valence electrons. The van der Waals surface area contributed by atoms with E-state index in [1.165, 1.54) is 6.26 Å². The van der Waals surface area contributed by atoms with Crippen LogP contribution in [0.25, 0.3) is 0 Å². The smallest absolute Gasteiger partial charge is 0.211 e. The first-order valence-corrected chi connectivity index (χ1v) is 7.08. The Morgan fingerprint density at radius 2 is 2.00 bits per heavy atom. The van der Waals surface area contributed by atoms with Gasteiger partial charge >= 0.3 is 0 Å². The molecule has 2 rings (SSSR count). The number of sulfonamides is 1. The molecule has 14 heavy (non-hydrogen) atoms. The largest absolute Gasteiger partial charge is 0.315 e. The quantitative estimate of drug-likeness (QED) is 0.682. The summed E-state index contributed by atoms with van der Waals surface area (Å²) in [5.74, 6) is 0. The minimum atomic E-state index is -3.02. The number of nitrogens with zero attached hydrogens (tertiary/aromatic N) is 1. The summed E-state index contributed by atoms with van der Waals surface area (Å²) in [5, 5.41) is 3.31. The molecule has 0 aromatic rings. The van der Waals surface area contributed by atoms with Crippen molar-refractivity contribution in [1.82, 2.24) is 9.62 Å². The summed E-state index contributed by atoms with van der Waals surface area (Å²) in [7, 11) is -3.02. The number of hydrogen-bond donors (Lipinski definition) is 1. The molecule has 1 atom stereocenters. The molecule has 0 radical (unpaired) electrons. The standard InChI is InChI=1S/C9H18N2O2S/c1-14(12,13)11-7-3-5-9(11)4-2-6-10-8-9/h10H,2-8H2,1H3. The lowest BCUT2D eigenvalue weighted by Crippen LogP contribution is -2.55. The van der Waals surface area contributed by atoms with Gasteiger partial charge in [0.15, 0.2) is 0 Å². The molecule has 1 N–H and O–H groups in total. The second-order valence-electron chi connectivity index (χ2n) is 4.44. The fraction of sp³-hybridized carbons (Fsp3) is 1.00. The molecule has 0 amide bonds. The molecule has 0 saturated carbocycles. The van der Waals surface area contributed by atoms with Crippen LogP contribution in [0.4, 0.5) is 0 Å². The van der Waals surface area contributed by atoms with Crippen molar-refractivity contribution in [1.29, 1.82) is 0 Å². The summed E-state index contributed by atoms with van der Waals surface area (Å²) in [6, 6.07) is 0. The third kappa shape index (κ3) is 1.68. The maximum atomic E-state index is 11.6. The van der Waals surface area contributed by atoms with E-state index in [0.717, 1.165) is 38.8 Å². The zero-order valence-electron chi connectivity index (χ0n) is 8.62. The van der Waals surface area contributed by atoms with Gasteiger partial charge in [0.05, 0.1) is 6.26 Å². The third-order valence-electron chi connectivity index (χ3n) is 3.38. The Labute approximate surface area is 85.7 Å². The van der Waals surface area contributed by atoms with Crippen molar-refractivity contribution in [2.75, 3.05) is 25.9 Å². The molecule has 0 aromatic carbocycles. The van der Waals surface area contributed by atoms with Crippen LogP contribution in [0.2, 0.25) is 0 Å². The highest BCUT2D eigenvalue weighted by atomic mass is 32.2. The van der Waals surface area contributed by atoms with Crippen molar-refractivity contribution in [3.8, 4) is 0 Å². The van der Waals surface area contributed by atoms with E-state index in [9.17, 15) is 8.42 Å². The molecule has 0 bridgehead atoms. The van der Waals surface area contributed by atoms with Crippen molar-refractivity contribution >= 4 is 10.0 Å². The number of rotatable bonds is 1. The maximum Gasteiger partial charge on any atom is 0.211 e. The van der Waals surface area contributed by atoms with Gasteiger partial charge in [-0.1, -0.05) is 0 Å². The average molecular weight is 218 g/mol. The van der Waals surface area contributed by atoms with Crippen molar-refractivity contribution in [2.45, 2.75) is 31.2 Å². The van der Waals surface area contributed by atoms with Gasteiger partial charge in [0.25, 0.3) is 0 Å². The first-order valence-electron chi connectivity index (χ1n) is 5.23. The predicted molar refractivity (Wildman–Crippen MR) is 55.6 cm³/mol. The first-order chi connectivity index (χ1) is 6.55. The Bertz CT molecular complexity index is 307. The Morgan fingerprint density at radius 1 is 1.29 bits per heavy atom. The molecule has 0 aromatic heterocycles. The van der Waals surface area contributed by atoms with Crippen molar-refractivity contribution in [3.63, 3.8) is 0 Å². The van der Waals surface area contributed by atoms with Crippen LogP contribution < -0.4 is 5.32 Å². The van der Waals surface area contributed by atoms with Crippen LogP contribution in [0.5, 0.6) is 0 Å². The van der Waals surface area contributed by atoms with E-state index in [1.54, 1.807) is 4.31 Å². The molecular weight excluding hydrogens is 200 g/mol. The van der Waals surface area contributed by atoms with E-state index in [1.807, 2.05) is 0 Å². The van der Waals surface area contributed by atoms with Gasteiger partial charge < -0.3 is 5.32 Å². The highest BCUT2D eigenvalue weighted by molar-refractivity contribution is 7.88. The van der Waals surface area contributed by atoms with Gasteiger partial charge in [-0.2, -0.15) is 4.31 Å². The minimum Gasteiger partial charge on any atom is -0.315 e. The van der Waals surface area contributed by atoms with Crippen LogP contribution in [-0.4, -0.2) is 44.2 Å². The summed E-state index contributed by atoms with van der Waals surface area (Å²) in [4.78, 5) is 0. The fourth-order valence-corrected chi connectivity index (χ4v) is 4.22. The van der Waals surface area contributed by atoms with Crippen molar-refractivity contribution in [2.24, 2.45) is 0 Å². The molecule has 0 aliphatic carbocycles. The Hall–Kier alpha value is -0.130. The lowest BCUT2D eigenvalue weighted by molar-refractivity contribution is 0.187. The van der Waals surface area contributed by atoms with E-state index in [0.29, 0.717) is 6.54 Å². The number of hydrogen-bond acceptors (Lipinski definition) is 3. The van der Waals surface area contributed by atoms with E-state index in [2.05, 4.69) is 5.32 Å².